The molecular weight excluding hydrogens is 226 g/mol. The maximum atomic E-state index is 9.06. The van der Waals surface area contributed by atoms with Crippen LogP contribution in [0.2, 0.25) is 0 Å². The van der Waals surface area contributed by atoms with Crippen LogP contribution < -0.4 is 10.1 Å². The third kappa shape index (κ3) is 3.03. The minimum absolute atomic E-state index is 0.238. The second kappa shape index (κ2) is 6.21. The number of hydrogen-bond donors (Lipinski definition) is 2. The number of aliphatic hydroxyl groups is 1. The molecule has 0 fully saturated rings. The van der Waals surface area contributed by atoms with Crippen LogP contribution in [-0.4, -0.2) is 24.9 Å². The normalized spacial score (nSPS) is 17.1. The highest BCUT2D eigenvalue weighted by Gasteiger charge is 2.16. The third-order valence-corrected chi connectivity index (χ3v) is 3.55. The average molecular weight is 249 g/mol. The standard InChI is InChI=1S/C15H23NO2/c1-3-14(16-9-11(2)10-17)12-4-5-15-13(8-12)6-7-18-15/h4-5,8,11,14,16-17H,3,6-7,9-10H2,1-2H3. The van der Waals surface area contributed by atoms with Gasteiger partial charge >= 0.3 is 0 Å². The van der Waals surface area contributed by atoms with Crippen LogP contribution in [0.5, 0.6) is 5.75 Å². The van der Waals surface area contributed by atoms with Gasteiger partial charge in [-0.25, -0.2) is 0 Å². The fraction of sp³-hybridized carbons (Fsp3) is 0.600. The number of ether oxygens (including phenoxy) is 1. The molecule has 2 atom stereocenters. The van der Waals surface area contributed by atoms with Gasteiger partial charge in [-0.15, -0.1) is 0 Å². The van der Waals surface area contributed by atoms with Crippen molar-refractivity contribution in [1.29, 1.82) is 0 Å². The summed E-state index contributed by atoms with van der Waals surface area (Å²) in [5.41, 5.74) is 2.65. The maximum absolute atomic E-state index is 9.06. The van der Waals surface area contributed by atoms with Crippen LogP contribution in [0, 0.1) is 5.92 Å². The van der Waals surface area contributed by atoms with Crippen molar-refractivity contribution >= 4 is 0 Å². The van der Waals surface area contributed by atoms with E-state index in [4.69, 9.17) is 9.84 Å². The number of nitrogens with one attached hydrogen (secondary N) is 1. The first-order valence-corrected chi connectivity index (χ1v) is 6.84. The molecule has 0 aromatic heterocycles. The third-order valence-electron chi connectivity index (χ3n) is 3.55. The Morgan fingerprint density at radius 2 is 2.28 bits per heavy atom. The molecule has 1 aromatic carbocycles. The monoisotopic (exact) mass is 249 g/mol. The van der Waals surface area contributed by atoms with Gasteiger partial charge in [0.2, 0.25) is 0 Å². The number of fused-ring (bicyclic) bond motifs is 1. The van der Waals surface area contributed by atoms with Gasteiger partial charge in [0.05, 0.1) is 6.61 Å². The van der Waals surface area contributed by atoms with Crippen LogP contribution in [0.1, 0.15) is 37.4 Å². The zero-order valence-corrected chi connectivity index (χ0v) is 11.3. The largest absolute Gasteiger partial charge is 0.493 e. The first-order valence-electron chi connectivity index (χ1n) is 6.84. The van der Waals surface area contributed by atoms with E-state index in [-0.39, 0.29) is 6.61 Å². The summed E-state index contributed by atoms with van der Waals surface area (Å²) in [6, 6.07) is 6.85. The summed E-state index contributed by atoms with van der Waals surface area (Å²) in [5, 5.41) is 12.6. The van der Waals surface area contributed by atoms with E-state index in [1.54, 1.807) is 0 Å². The highest BCUT2D eigenvalue weighted by molar-refractivity contribution is 5.40. The number of rotatable bonds is 6. The van der Waals surface area contributed by atoms with Gasteiger partial charge in [0.25, 0.3) is 0 Å². The minimum Gasteiger partial charge on any atom is -0.493 e. The molecule has 0 spiro atoms. The summed E-state index contributed by atoms with van der Waals surface area (Å²) in [4.78, 5) is 0. The van der Waals surface area contributed by atoms with E-state index in [1.807, 2.05) is 0 Å². The van der Waals surface area contributed by atoms with E-state index in [1.165, 1.54) is 11.1 Å². The van der Waals surface area contributed by atoms with Gasteiger partial charge in [0.1, 0.15) is 5.75 Å². The van der Waals surface area contributed by atoms with Crippen LogP contribution >= 0.6 is 0 Å². The molecule has 0 aliphatic carbocycles. The zero-order valence-electron chi connectivity index (χ0n) is 11.3. The lowest BCUT2D eigenvalue weighted by Gasteiger charge is -2.20. The molecule has 2 N–H and O–H groups in total. The molecule has 1 aliphatic rings. The SMILES string of the molecule is CCC(NCC(C)CO)c1ccc2c(c1)CCO2. The number of benzene rings is 1. The molecule has 0 saturated heterocycles. The Morgan fingerprint density at radius 1 is 1.44 bits per heavy atom. The van der Waals surface area contributed by atoms with Crippen molar-refractivity contribution in [3.05, 3.63) is 29.3 Å². The van der Waals surface area contributed by atoms with Crippen molar-refractivity contribution in [3.63, 3.8) is 0 Å². The van der Waals surface area contributed by atoms with Crippen molar-refractivity contribution < 1.29 is 9.84 Å². The molecule has 0 radical (unpaired) electrons. The van der Waals surface area contributed by atoms with Gasteiger partial charge in [-0.05, 0) is 29.5 Å². The van der Waals surface area contributed by atoms with Crippen molar-refractivity contribution in [2.24, 2.45) is 5.92 Å². The van der Waals surface area contributed by atoms with Gasteiger partial charge in [-0.2, -0.15) is 0 Å². The molecule has 0 bridgehead atoms. The first-order chi connectivity index (χ1) is 8.74. The van der Waals surface area contributed by atoms with Crippen LogP contribution in [0.4, 0.5) is 0 Å². The van der Waals surface area contributed by atoms with Gasteiger partial charge in [0, 0.05) is 25.6 Å². The first kappa shape index (κ1) is 13.4. The zero-order chi connectivity index (χ0) is 13.0. The summed E-state index contributed by atoms with van der Waals surface area (Å²) in [5.74, 6) is 1.34. The molecular formula is C15H23NO2. The smallest absolute Gasteiger partial charge is 0.122 e. The molecule has 0 amide bonds. The molecule has 1 heterocycles. The Bertz CT molecular complexity index is 392. The van der Waals surface area contributed by atoms with E-state index in [2.05, 4.69) is 37.4 Å². The van der Waals surface area contributed by atoms with E-state index in [9.17, 15) is 0 Å². The quantitative estimate of drug-likeness (QED) is 0.813. The predicted molar refractivity (Wildman–Crippen MR) is 72.9 cm³/mol. The predicted octanol–water partition coefficient (Wildman–Crippen LogP) is 2.29. The molecule has 3 nitrogen and oxygen atoms in total. The molecule has 2 unspecified atom stereocenters. The van der Waals surface area contributed by atoms with Gasteiger partial charge in [0.15, 0.2) is 0 Å². The van der Waals surface area contributed by atoms with Crippen molar-refractivity contribution in [1.82, 2.24) is 5.32 Å². The lowest BCUT2D eigenvalue weighted by Crippen LogP contribution is -2.27. The number of hydrogen-bond acceptors (Lipinski definition) is 3. The Hall–Kier alpha value is -1.06. The molecule has 100 valence electrons. The topological polar surface area (TPSA) is 41.5 Å². The number of aliphatic hydroxyl groups excluding tert-OH is 1. The molecule has 2 rings (SSSR count). The molecule has 1 aromatic rings. The highest BCUT2D eigenvalue weighted by atomic mass is 16.5. The summed E-state index contributed by atoms with van der Waals surface area (Å²) < 4.78 is 5.53. The fourth-order valence-electron chi connectivity index (χ4n) is 2.33. The van der Waals surface area contributed by atoms with Gasteiger partial charge in [-0.3, -0.25) is 0 Å². The van der Waals surface area contributed by atoms with E-state index < -0.39 is 0 Å². The van der Waals surface area contributed by atoms with Gasteiger partial charge in [-0.1, -0.05) is 26.0 Å². The summed E-state index contributed by atoms with van der Waals surface area (Å²) in [7, 11) is 0. The second-order valence-electron chi connectivity index (χ2n) is 5.12. The molecule has 3 heteroatoms. The minimum atomic E-state index is 0.238. The van der Waals surface area contributed by atoms with E-state index in [0.29, 0.717) is 12.0 Å². The van der Waals surface area contributed by atoms with Crippen LogP contribution in [-0.2, 0) is 6.42 Å². The Kier molecular flexibility index (Phi) is 4.61. The maximum Gasteiger partial charge on any atom is 0.122 e. The Balaban J connectivity index is 2.03. The second-order valence-corrected chi connectivity index (χ2v) is 5.12. The molecule has 1 aliphatic heterocycles. The average Bonchev–Trinajstić information content (AvgIpc) is 2.86. The lowest BCUT2D eigenvalue weighted by atomic mass is 10.00. The van der Waals surface area contributed by atoms with Gasteiger partial charge < -0.3 is 15.2 Å². The molecule has 18 heavy (non-hydrogen) atoms. The molecule has 0 saturated carbocycles. The highest BCUT2D eigenvalue weighted by Crippen LogP contribution is 2.29. The van der Waals surface area contributed by atoms with Crippen LogP contribution in [0.15, 0.2) is 18.2 Å². The van der Waals surface area contributed by atoms with Crippen LogP contribution in [0.3, 0.4) is 0 Å². The lowest BCUT2D eigenvalue weighted by molar-refractivity contribution is 0.229. The summed E-state index contributed by atoms with van der Waals surface area (Å²) in [6.07, 6.45) is 2.07. The van der Waals surface area contributed by atoms with Crippen molar-refractivity contribution in [3.8, 4) is 5.75 Å². The Labute approximate surface area is 109 Å². The Morgan fingerprint density at radius 3 is 3.00 bits per heavy atom. The summed E-state index contributed by atoms with van der Waals surface area (Å²) in [6.45, 7) is 6.13. The summed E-state index contributed by atoms with van der Waals surface area (Å²) >= 11 is 0. The van der Waals surface area contributed by atoms with Crippen molar-refractivity contribution in [2.75, 3.05) is 19.8 Å². The van der Waals surface area contributed by atoms with Crippen molar-refractivity contribution in [2.45, 2.75) is 32.7 Å². The van der Waals surface area contributed by atoms with E-state index in [0.717, 1.165) is 31.7 Å². The van der Waals surface area contributed by atoms with E-state index >= 15 is 0 Å². The van der Waals surface area contributed by atoms with Crippen LogP contribution in [0.25, 0.3) is 0 Å². The fourth-order valence-corrected chi connectivity index (χ4v) is 2.33.